The van der Waals surface area contributed by atoms with Crippen molar-refractivity contribution in [3.05, 3.63) is 30.1 Å². The molecule has 5 nitrogen and oxygen atoms in total. The highest BCUT2D eigenvalue weighted by atomic mass is 19.1. The second-order valence-electron chi connectivity index (χ2n) is 5.95. The second-order valence-corrected chi connectivity index (χ2v) is 5.95. The number of carbonyl (C=O) groups is 2. The van der Waals surface area contributed by atoms with E-state index >= 15 is 0 Å². The van der Waals surface area contributed by atoms with Crippen LogP contribution in [0.3, 0.4) is 0 Å². The molecule has 22 heavy (non-hydrogen) atoms. The third-order valence-corrected chi connectivity index (χ3v) is 2.76. The molecule has 0 spiro atoms. The van der Waals surface area contributed by atoms with Crippen LogP contribution in [0.25, 0.3) is 0 Å². The molecule has 1 rings (SSSR count). The van der Waals surface area contributed by atoms with Gasteiger partial charge in [-0.3, -0.25) is 9.59 Å². The number of halogens is 1. The topological polar surface area (TPSA) is 58.6 Å². The molecule has 2 amide bonds. The smallest absolute Gasteiger partial charge is 0.260 e. The lowest BCUT2D eigenvalue weighted by molar-refractivity contribution is -0.137. The normalized spacial score (nSPS) is 11.0. The molecular formula is C16H23FN2O3. The lowest BCUT2D eigenvalue weighted by Crippen LogP contribution is -2.48. The van der Waals surface area contributed by atoms with E-state index in [9.17, 15) is 14.0 Å². The maximum Gasteiger partial charge on any atom is 0.260 e. The van der Waals surface area contributed by atoms with Gasteiger partial charge in [0.15, 0.2) is 6.61 Å². The highest BCUT2D eigenvalue weighted by molar-refractivity contribution is 5.85. The Hall–Kier alpha value is -2.11. The van der Waals surface area contributed by atoms with E-state index in [-0.39, 0.29) is 36.3 Å². The number of nitrogens with zero attached hydrogens (tertiary/aromatic N) is 1. The van der Waals surface area contributed by atoms with Gasteiger partial charge in [-0.1, -0.05) is 0 Å². The molecule has 0 aromatic heterocycles. The molecule has 0 aliphatic heterocycles. The molecule has 1 aromatic rings. The van der Waals surface area contributed by atoms with Crippen molar-refractivity contribution < 1.29 is 18.7 Å². The molecule has 0 aliphatic carbocycles. The maximum absolute atomic E-state index is 12.8. The van der Waals surface area contributed by atoms with Crippen LogP contribution in [0.5, 0.6) is 5.75 Å². The van der Waals surface area contributed by atoms with Gasteiger partial charge in [0.2, 0.25) is 5.91 Å². The zero-order valence-corrected chi connectivity index (χ0v) is 13.5. The van der Waals surface area contributed by atoms with Crippen LogP contribution in [-0.2, 0) is 9.59 Å². The summed E-state index contributed by atoms with van der Waals surface area (Å²) in [4.78, 5) is 25.3. The second kappa shape index (κ2) is 7.77. The molecular weight excluding hydrogens is 287 g/mol. The minimum atomic E-state index is -0.368. The fourth-order valence-corrected chi connectivity index (χ4v) is 1.77. The van der Waals surface area contributed by atoms with Gasteiger partial charge in [-0.15, -0.1) is 0 Å². The Morgan fingerprint density at radius 3 is 2.32 bits per heavy atom. The summed E-state index contributed by atoms with van der Waals surface area (Å²) in [5.41, 5.74) is -0.343. The number of ether oxygens (including phenoxy) is 1. The first-order chi connectivity index (χ1) is 10.2. The van der Waals surface area contributed by atoms with E-state index in [0.29, 0.717) is 12.3 Å². The quantitative estimate of drug-likeness (QED) is 0.874. The first-order valence-corrected chi connectivity index (χ1v) is 7.18. The molecule has 0 fully saturated rings. The highest BCUT2D eigenvalue weighted by Crippen LogP contribution is 2.11. The minimum Gasteiger partial charge on any atom is -0.484 e. The molecule has 0 bridgehead atoms. The van der Waals surface area contributed by atoms with Crippen LogP contribution in [-0.4, -0.2) is 41.9 Å². The van der Waals surface area contributed by atoms with E-state index in [4.69, 9.17) is 4.74 Å². The standard InChI is InChI=1S/C16H23FN2O3/c1-5-19(10-14(20)18-16(2,3)4)15(21)11-22-13-8-6-12(17)7-9-13/h6-9H,5,10-11H2,1-4H3,(H,18,20). The Balaban J connectivity index is 2.50. The van der Waals surface area contributed by atoms with Crippen molar-refractivity contribution in [3.63, 3.8) is 0 Å². The van der Waals surface area contributed by atoms with Gasteiger partial charge in [0.25, 0.3) is 5.91 Å². The SMILES string of the molecule is CCN(CC(=O)NC(C)(C)C)C(=O)COc1ccc(F)cc1. The average molecular weight is 310 g/mol. The van der Waals surface area contributed by atoms with Gasteiger partial charge in [0.05, 0.1) is 6.54 Å². The van der Waals surface area contributed by atoms with E-state index in [0.717, 1.165) is 0 Å². The first-order valence-electron chi connectivity index (χ1n) is 7.18. The Morgan fingerprint density at radius 2 is 1.82 bits per heavy atom. The number of rotatable bonds is 6. The van der Waals surface area contributed by atoms with Crippen molar-refractivity contribution in [1.29, 1.82) is 0 Å². The summed E-state index contributed by atoms with van der Waals surface area (Å²) in [5, 5.41) is 2.80. The number of carbonyl (C=O) groups excluding carboxylic acids is 2. The Bertz CT molecular complexity index is 509. The fourth-order valence-electron chi connectivity index (χ4n) is 1.77. The van der Waals surface area contributed by atoms with Crippen molar-refractivity contribution in [2.75, 3.05) is 19.7 Å². The Morgan fingerprint density at radius 1 is 1.23 bits per heavy atom. The van der Waals surface area contributed by atoms with Crippen molar-refractivity contribution >= 4 is 11.8 Å². The Labute approximate surface area is 130 Å². The third-order valence-electron chi connectivity index (χ3n) is 2.76. The number of hydrogen-bond acceptors (Lipinski definition) is 3. The van der Waals surface area contributed by atoms with Crippen LogP contribution < -0.4 is 10.1 Å². The summed E-state index contributed by atoms with van der Waals surface area (Å²) in [6, 6.07) is 5.42. The molecule has 6 heteroatoms. The number of benzene rings is 1. The van der Waals surface area contributed by atoms with Gasteiger partial charge in [-0.25, -0.2) is 4.39 Å². The summed E-state index contributed by atoms with van der Waals surface area (Å²) in [5.74, 6) is -0.474. The van der Waals surface area contributed by atoms with Crippen molar-refractivity contribution in [3.8, 4) is 5.75 Å². The van der Waals surface area contributed by atoms with Gasteiger partial charge in [0.1, 0.15) is 11.6 Å². The number of likely N-dealkylation sites (N-methyl/N-ethyl adjacent to an activating group) is 1. The van der Waals surface area contributed by atoms with Crippen molar-refractivity contribution in [1.82, 2.24) is 10.2 Å². The van der Waals surface area contributed by atoms with Crippen LogP contribution in [0.15, 0.2) is 24.3 Å². The summed E-state index contributed by atoms with van der Waals surface area (Å²) >= 11 is 0. The fraction of sp³-hybridized carbons (Fsp3) is 0.500. The predicted octanol–water partition coefficient (Wildman–Crippen LogP) is 1.97. The van der Waals surface area contributed by atoms with Crippen molar-refractivity contribution in [2.45, 2.75) is 33.2 Å². The molecule has 0 atom stereocenters. The van der Waals surface area contributed by atoms with E-state index in [1.54, 1.807) is 6.92 Å². The zero-order valence-electron chi connectivity index (χ0n) is 13.5. The van der Waals surface area contributed by atoms with Gasteiger partial charge >= 0.3 is 0 Å². The summed E-state index contributed by atoms with van der Waals surface area (Å²) in [6.07, 6.45) is 0. The van der Waals surface area contributed by atoms with E-state index in [1.165, 1.54) is 29.2 Å². The molecule has 0 aliphatic rings. The Kier molecular flexibility index (Phi) is 6.34. The molecule has 0 radical (unpaired) electrons. The van der Waals surface area contributed by atoms with Crippen LogP contribution in [0.1, 0.15) is 27.7 Å². The molecule has 0 unspecified atom stereocenters. The number of amides is 2. The minimum absolute atomic E-state index is 0.0145. The van der Waals surface area contributed by atoms with E-state index in [1.807, 2.05) is 20.8 Å². The molecule has 1 aromatic carbocycles. The molecule has 0 saturated carbocycles. The van der Waals surface area contributed by atoms with Gasteiger partial charge in [-0.05, 0) is 52.0 Å². The van der Waals surface area contributed by atoms with Gasteiger partial charge < -0.3 is 15.0 Å². The van der Waals surface area contributed by atoms with Crippen LogP contribution in [0.2, 0.25) is 0 Å². The monoisotopic (exact) mass is 310 g/mol. The molecule has 0 heterocycles. The summed E-state index contributed by atoms with van der Waals surface area (Å²) in [6.45, 7) is 7.62. The van der Waals surface area contributed by atoms with Crippen molar-refractivity contribution in [2.24, 2.45) is 0 Å². The summed E-state index contributed by atoms with van der Waals surface area (Å²) < 4.78 is 18.1. The van der Waals surface area contributed by atoms with E-state index < -0.39 is 0 Å². The molecule has 1 N–H and O–H groups in total. The highest BCUT2D eigenvalue weighted by Gasteiger charge is 2.19. The lowest BCUT2D eigenvalue weighted by atomic mass is 10.1. The largest absolute Gasteiger partial charge is 0.484 e. The van der Waals surface area contributed by atoms with Crippen LogP contribution in [0, 0.1) is 5.82 Å². The van der Waals surface area contributed by atoms with Gasteiger partial charge in [0, 0.05) is 12.1 Å². The number of hydrogen-bond donors (Lipinski definition) is 1. The zero-order chi connectivity index (χ0) is 16.8. The lowest BCUT2D eigenvalue weighted by Gasteiger charge is -2.25. The molecule has 122 valence electrons. The molecule has 0 saturated heterocycles. The maximum atomic E-state index is 12.8. The number of nitrogens with one attached hydrogen (secondary N) is 1. The third kappa shape index (κ3) is 6.56. The van der Waals surface area contributed by atoms with Crippen LogP contribution >= 0.6 is 0 Å². The first kappa shape index (κ1) is 17.9. The van der Waals surface area contributed by atoms with E-state index in [2.05, 4.69) is 5.32 Å². The van der Waals surface area contributed by atoms with Crippen LogP contribution in [0.4, 0.5) is 4.39 Å². The average Bonchev–Trinajstić information content (AvgIpc) is 2.42. The predicted molar refractivity (Wildman–Crippen MR) is 82.0 cm³/mol. The van der Waals surface area contributed by atoms with Gasteiger partial charge in [-0.2, -0.15) is 0 Å². The summed E-state index contributed by atoms with van der Waals surface area (Å²) in [7, 11) is 0.